The van der Waals surface area contributed by atoms with Crippen molar-refractivity contribution < 1.29 is 22.9 Å². The third-order valence-electron chi connectivity index (χ3n) is 3.97. The van der Waals surface area contributed by atoms with Crippen molar-refractivity contribution in [3.8, 4) is 0 Å². The van der Waals surface area contributed by atoms with Gasteiger partial charge >= 0.3 is 6.18 Å². The highest BCUT2D eigenvalue weighted by Gasteiger charge is 2.34. The summed E-state index contributed by atoms with van der Waals surface area (Å²) in [7, 11) is 0. The van der Waals surface area contributed by atoms with E-state index in [1.54, 1.807) is 16.7 Å². The zero-order valence-electron chi connectivity index (χ0n) is 13.6. The predicted octanol–water partition coefficient (Wildman–Crippen LogP) is 2.00. The second-order valence-electron chi connectivity index (χ2n) is 6.01. The number of nitrogens with two attached hydrogens (primary N) is 1. The van der Waals surface area contributed by atoms with Crippen molar-refractivity contribution in [1.82, 2.24) is 4.90 Å². The van der Waals surface area contributed by atoms with Crippen LogP contribution in [0.25, 0.3) is 0 Å². The minimum absolute atomic E-state index is 0.100. The van der Waals surface area contributed by atoms with Gasteiger partial charge < -0.3 is 15.5 Å². The molecule has 1 fully saturated rings. The largest absolute Gasteiger partial charge is 0.416 e. The van der Waals surface area contributed by atoms with E-state index in [1.165, 1.54) is 0 Å². The Morgan fingerprint density at radius 3 is 2.40 bits per heavy atom. The van der Waals surface area contributed by atoms with Gasteiger partial charge in [0, 0.05) is 44.7 Å². The van der Waals surface area contributed by atoms with Crippen molar-refractivity contribution in [3.05, 3.63) is 33.9 Å². The molecule has 25 heavy (non-hydrogen) atoms. The summed E-state index contributed by atoms with van der Waals surface area (Å²) in [6, 6.07) is 2.22. The first-order chi connectivity index (χ1) is 11.6. The molecule has 1 heterocycles. The number of carbonyl (C=O) groups excluding carboxylic acids is 1. The fourth-order valence-electron chi connectivity index (χ4n) is 2.71. The maximum Gasteiger partial charge on any atom is 0.416 e. The molecule has 2 rings (SSSR count). The quantitative estimate of drug-likeness (QED) is 0.655. The first-order valence-electron chi connectivity index (χ1n) is 7.73. The molecule has 1 aliphatic rings. The average molecular weight is 360 g/mol. The molecule has 0 radical (unpaired) electrons. The monoisotopic (exact) mass is 360 g/mol. The second-order valence-corrected chi connectivity index (χ2v) is 6.01. The van der Waals surface area contributed by atoms with E-state index < -0.39 is 22.4 Å². The van der Waals surface area contributed by atoms with Crippen molar-refractivity contribution in [2.45, 2.75) is 25.6 Å². The number of halogens is 3. The highest BCUT2D eigenvalue weighted by Crippen LogP contribution is 2.36. The molecule has 1 saturated heterocycles. The molecule has 2 N–H and O–H groups in total. The van der Waals surface area contributed by atoms with Crippen LogP contribution in [0.4, 0.5) is 24.5 Å². The van der Waals surface area contributed by atoms with Crippen LogP contribution in [0.1, 0.15) is 18.9 Å². The SMILES string of the molecule is CC(N)CC(=O)N1CCN(c2ccc(C(F)(F)F)cc2[N+](=O)[O-])CC1. The van der Waals surface area contributed by atoms with Crippen LogP contribution in [-0.4, -0.2) is 48.0 Å². The lowest BCUT2D eigenvalue weighted by Gasteiger charge is -2.36. The minimum Gasteiger partial charge on any atom is -0.362 e. The van der Waals surface area contributed by atoms with Crippen molar-refractivity contribution >= 4 is 17.3 Å². The number of benzene rings is 1. The fraction of sp³-hybridized carbons (Fsp3) is 0.533. The summed E-state index contributed by atoms with van der Waals surface area (Å²) in [4.78, 5) is 25.6. The molecule has 0 spiro atoms. The first-order valence-corrected chi connectivity index (χ1v) is 7.73. The minimum atomic E-state index is -4.65. The van der Waals surface area contributed by atoms with Crippen molar-refractivity contribution in [1.29, 1.82) is 0 Å². The van der Waals surface area contributed by atoms with Crippen LogP contribution < -0.4 is 10.6 Å². The van der Waals surface area contributed by atoms with E-state index in [0.29, 0.717) is 32.2 Å². The summed E-state index contributed by atoms with van der Waals surface area (Å²) in [5.41, 5.74) is 4.06. The normalized spacial score (nSPS) is 16.7. The molecule has 1 unspecified atom stereocenters. The molecule has 1 amide bonds. The van der Waals surface area contributed by atoms with Gasteiger partial charge in [0.25, 0.3) is 5.69 Å². The van der Waals surface area contributed by atoms with E-state index in [2.05, 4.69) is 0 Å². The van der Waals surface area contributed by atoms with Gasteiger partial charge in [-0.2, -0.15) is 13.2 Å². The maximum atomic E-state index is 12.8. The van der Waals surface area contributed by atoms with Gasteiger partial charge in [-0.05, 0) is 19.1 Å². The maximum absolute atomic E-state index is 12.8. The zero-order valence-corrected chi connectivity index (χ0v) is 13.6. The fourth-order valence-corrected chi connectivity index (χ4v) is 2.71. The molecule has 10 heteroatoms. The lowest BCUT2D eigenvalue weighted by molar-refractivity contribution is -0.384. The highest BCUT2D eigenvalue weighted by atomic mass is 19.4. The predicted molar refractivity (Wildman–Crippen MR) is 85.2 cm³/mol. The molecule has 0 saturated carbocycles. The van der Waals surface area contributed by atoms with Gasteiger partial charge in [0.05, 0.1) is 10.5 Å². The van der Waals surface area contributed by atoms with Gasteiger partial charge in [-0.1, -0.05) is 0 Å². The lowest BCUT2D eigenvalue weighted by atomic mass is 10.1. The van der Waals surface area contributed by atoms with E-state index in [4.69, 9.17) is 5.73 Å². The topological polar surface area (TPSA) is 92.7 Å². The van der Waals surface area contributed by atoms with Crippen LogP contribution in [0.15, 0.2) is 18.2 Å². The standard InChI is InChI=1S/C15H19F3N4O3/c1-10(19)8-14(23)21-6-4-20(5-7-21)12-3-2-11(15(16,17)18)9-13(12)22(24)25/h2-3,9-10H,4-8,19H2,1H3. The Bertz CT molecular complexity index is 656. The van der Waals surface area contributed by atoms with Crippen molar-refractivity contribution in [3.63, 3.8) is 0 Å². The van der Waals surface area contributed by atoms with E-state index >= 15 is 0 Å². The Labute approximate surface area is 142 Å². The van der Waals surface area contributed by atoms with Crippen LogP contribution in [0.3, 0.4) is 0 Å². The number of hydrogen-bond donors (Lipinski definition) is 1. The molecule has 1 aromatic rings. The van der Waals surface area contributed by atoms with Gasteiger partial charge in [-0.3, -0.25) is 14.9 Å². The molecule has 1 atom stereocenters. The third kappa shape index (κ3) is 4.59. The van der Waals surface area contributed by atoms with E-state index in [0.717, 1.165) is 12.1 Å². The van der Waals surface area contributed by atoms with E-state index in [9.17, 15) is 28.1 Å². The lowest BCUT2D eigenvalue weighted by Crippen LogP contribution is -2.49. The highest BCUT2D eigenvalue weighted by molar-refractivity contribution is 5.77. The number of rotatable bonds is 4. The Hall–Kier alpha value is -2.36. The molecule has 138 valence electrons. The van der Waals surface area contributed by atoms with Crippen molar-refractivity contribution in [2.75, 3.05) is 31.1 Å². The van der Waals surface area contributed by atoms with Gasteiger partial charge in [-0.15, -0.1) is 0 Å². The number of alkyl halides is 3. The molecule has 1 aliphatic heterocycles. The van der Waals surface area contributed by atoms with Gasteiger partial charge in [0.2, 0.25) is 5.91 Å². The van der Waals surface area contributed by atoms with Crippen LogP contribution >= 0.6 is 0 Å². The molecule has 0 bridgehead atoms. The molecule has 0 aliphatic carbocycles. The number of anilines is 1. The number of amides is 1. The second kappa shape index (κ2) is 7.26. The first kappa shape index (κ1) is 19.0. The summed E-state index contributed by atoms with van der Waals surface area (Å²) in [5, 5.41) is 11.2. The van der Waals surface area contributed by atoms with Gasteiger partial charge in [0.15, 0.2) is 0 Å². The third-order valence-corrected chi connectivity index (χ3v) is 3.97. The summed E-state index contributed by atoms with van der Waals surface area (Å²) < 4.78 is 38.3. The molecule has 1 aromatic carbocycles. The molecule has 7 nitrogen and oxygen atoms in total. The zero-order chi connectivity index (χ0) is 18.8. The Kier molecular flexibility index (Phi) is 5.51. The molecule has 0 aromatic heterocycles. The summed E-state index contributed by atoms with van der Waals surface area (Å²) in [6.45, 7) is 3.00. The molecular formula is C15H19F3N4O3. The number of nitro groups is 1. The Morgan fingerprint density at radius 1 is 1.32 bits per heavy atom. The number of carbonyl (C=O) groups is 1. The van der Waals surface area contributed by atoms with Crippen LogP contribution in [0, 0.1) is 10.1 Å². The number of hydrogen-bond acceptors (Lipinski definition) is 5. The smallest absolute Gasteiger partial charge is 0.362 e. The molecular weight excluding hydrogens is 341 g/mol. The number of nitrogens with zero attached hydrogens (tertiary/aromatic N) is 3. The summed E-state index contributed by atoms with van der Waals surface area (Å²) in [5.74, 6) is -0.100. The van der Waals surface area contributed by atoms with Gasteiger partial charge in [-0.25, -0.2) is 0 Å². The summed E-state index contributed by atoms with van der Waals surface area (Å²) >= 11 is 0. The number of piperazine rings is 1. The Morgan fingerprint density at radius 2 is 1.92 bits per heavy atom. The van der Waals surface area contributed by atoms with E-state index in [-0.39, 0.29) is 24.1 Å². The van der Waals surface area contributed by atoms with Crippen LogP contribution in [-0.2, 0) is 11.0 Å². The van der Waals surface area contributed by atoms with Gasteiger partial charge in [0.1, 0.15) is 5.69 Å². The van der Waals surface area contributed by atoms with E-state index in [1.807, 2.05) is 0 Å². The Balaban J connectivity index is 2.15. The summed E-state index contributed by atoms with van der Waals surface area (Å²) in [6.07, 6.45) is -4.44. The van der Waals surface area contributed by atoms with Crippen LogP contribution in [0.5, 0.6) is 0 Å². The van der Waals surface area contributed by atoms with Crippen LogP contribution in [0.2, 0.25) is 0 Å². The average Bonchev–Trinajstić information content (AvgIpc) is 2.53. The van der Waals surface area contributed by atoms with Crippen molar-refractivity contribution in [2.24, 2.45) is 5.73 Å². The number of nitro benzene ring substituents is 1.